The summed E-state index contributed by atoms with van der Waals surface area (Å²) < 4.78 is 21.5. The summed E-state index contributed by atoms with van der Waals surface area (Å²) in [6.45, 7) is 0.793. The maximum absolute atomic E-state index is 13.0. The second kappa shape index (κ2) is 7.35. The fraction of sp³-hybridized carbons (Fsp3) is 0.111. The van der Waals surface area contributed by atoms with Crippen LogP contribution in [0.25, 0.3) is 11.1 Å². The van der Waals surface area contributed by atoms with Crippen molar-refractivity contribution in [1.82, 2.24) is 5.32 Å². The van der Waals surface area contributed by atoms with Crippen molar-refractivity contribution in [2.24, 2.45) is 0 Å². The average molecular weight is 328 g/mol. The minimum absolute atomic E-state index is 0.232. The van der Waals surface area contributed by atoms with E-state index in [1.165, 1.54) is 29.6 Å². The highest BCUT2D eigenvalue weighted by molar-refractivity contribution is 8.00. The fourth-order valence-electron chi connectivity index (χ4n) is 2.28. The maximum Gasteiger partial charge on any atom is 0.123 e. The summed E-state index contributed by atoms with van der Waals surface area (Å²) in [7, 11) is 1.92. The van der Waals surface area contributed by atoms with E-state index >= 15 is 0 Å². The molecule has 2 aromatic carbocycles. The normalized spacial score (nSPS) is 10.7. The number of anilines is 1. The third-order valence-electron chi connectivity index (χ3n) is 3.39. The molecule has 0 radical (unpaired) electrons. The van der Waals surface area contributed by atoms with E-state index in [2.05, 4.69) is 28.2 Å². The average Bonchev–Trinajstić information content (AvgIpc) is 3.09. The number of nitrogens with one attached hydrogen (secondary N) is 2. The molecule has 0 aliphatic rings. The highest BCUT2D eigenvalue weighted by Crippen LogP contribution is 2.32. The van der Waals surface area contributed by atoms with Gasteiger partial charge in [-0.3, -0.25) is 0 Å². The molecule has 1 aromatic heterocycles. The van der Waals surface area contributed by atoms with Gasteiger partial charge < -0.3 is 14.5 Å². The lowest BCUT2D eigenvalue weighted by Gasteiger charge is -2.12. The molecule has 0 aliphatic carbocycles. The second-order valence-corrected chi connectivity index (χ2v) is 5.96. The highest BCUT2D eigenvalue weighted by Gasteiger charge is 2.08. The molecule has 118 valence electrons. The molecular formula is C18H17FN2OS. The summed E-state index contributed by atoms with van der Waals surface area (Å²) in [5, 5.41) is 3.15. The zero-order valence-corrected chi connectivity index (χ0v) is 13.5. The van der Waals surface area contributed by atoms with Gasteiger partial charge in [0.1, 0.15) is 5.82 Å². The van der Waals surface area contributed by atoms with E-state index in [0.717, 1.165) is 28.3 Å². The standard InChI is InChI=1S/C18H17FN2OS/c1-20-11-13-2-7-17(14-8-9-22-12-14)18(10-13)21-23-16-5-3-15(19)4-6-16/h2-10,12,20-21H,11H2,1H3. The summed E-state index contributed by atoms with van der Waals surface area (Å²) in [5.74, 6) is -0.232. The van der Waals surface area contributed by atoms with Crippen molar-refractivity contribution in [3.63, 3.8) is 0 Å². The molecule has 3 aromatic rings. The van der Waals surface area contributed by atoms with Gasteiger partial charge in [0.05, 0.1) is 18.2 Å². The van der Waals surface area contributed by atoms with Crippen LogP contribution in [0.3, 0.4) is 0 Å². The van der Waals surface area contributed by atoms with Crippen LogP contribution in [0.2, 0.25) is 0 Å². The maximum atomic E-state index is 13.0. The first kappa shape index (κ1) is 15.6. The van der Waals surface area contributed by atoms with E-state index in [4.69, 9.17) is 4.42 Å². The Bertz CT molecular complexity index is 757. The molecule has 23 heavy (non-hydrogen) atoms. The van der Waals surface area contributed by atoms with Gasteiger partial charge in [-0.15, -0.1) is 0 Å². The molecule has 0 unspecified atom stereocenters. The molecule has 0 amide bonds. The lowest BCUT2D eigenvalue weighted by molar-refractivity contribution is 0.568. The number of furan rings is 1. The first-order valence-electron chi connectivity index (χ1n) is 7.25. The van der Waals surface area contributed by atoms with Gasteiger partial charge in [-0.25, -0.2) is 4.39 Å². The minimum Gasteiger partial charge on any atom is -0.472 e. The van der Waals surface area contributed by atoms with Crippen molar-refractivity contribution in [3.8, 4) is 11.1 Å². The van der Waals surface area contributed by atoms with Gasteiger partial charge in [-0.1, -0.05) is 12.1 Å². The third kappa shape index (κ3) is 3.94. The summed E-state index contributed by atoms with van der Waals surface area (Å²) in [6, 6.07) is 14.6. The monoisotopic (exact) mass is 328 g/mol. The minimum atomic E-state index is -0.232. The van der Waals surface area contributed by atoms with E-state index in [0.29, 0.717) is 0 Å². The van der Waals surface area contributed by atoms with Crippen LogP contribution in [0, 0.1) is 5.82 Å². The van der Waals surface area contributed by atoms with E-state index in [9.17, 15) is 4.39 Å². The number of benzene rings is 2. The Hall–Kier alpha value is -2.24. The topological polar surface area (TPSA) is 37.2 Å². The molecule has 1 heterocycles. The smallest absolute Gasteiger partial charge is 0.123 e. The summed E-state index contributed by atoms with van der Waals surface area (Å²) >= 11 is 1.45. The predicted octanol–water partition coefficient (Wildman–Crippen LogP) is 4.92. The predicted molar refractivity (Wildman–Crippen MR) is 92.8 cm³/mol. The fourth-order valence-corrected chi connectivity index (χ4v) is 2.94. The van der Waals surface area contributed by atoms with Crippen LogP contribution in [0.4, 0.5) is 10.1 Å². The van der Waals surface area contributed by atoms with E-state index in [1.807, 2.05) is 13.1 Å². The van der Waals surface area contributed by atoms with Crippen molar-refractivity contribution in [2.45, 2.75) is 11.4 Å². The van der Waals surface area contributed by atoms with E-state index in [1.54, 1.807) is 24.7 Å². The van der Waals surface area contributed by atoms with Crippen LogP contribution < -0.4 is 10.0 Å². The number of rotatable bonds is 6. The van der Waals surface area contributed by atoms with Crippen LogP contribution in [-0.4, -0.2) is 7.05 Å². The molecular weight excluding hydrogens is 311 g/mol. The van der Waals surface area contributed by atoms with Gasteiger partial charge in [0.15, 0.2) is 0 Å². The van der Waals surface area contributed by atoms with Crippen LogP contribution >= 0.6 is 11.9 Å². The lowest BCUT2D eigenvalue weighted by atomic mass is 10.0. The zero-order valence-electron chi connectivity index (χ0n) is 12.7. The quantitative estimate of drug-likeness (QED) is 0.630. The van der Waals surface area contributed by atoms with Gasteiger partial charge in [0.25, 0.3) is 0 Å². The van der Waals surface area contributed by atoms with Crippen LogP contribution in [0.5, 0.6) is 0 Å². The molecule has 3 nitrogen and oxygen atoms in total. The van der Waals surface area contributed by atoms with E-state index < -0.39 is 0 Å². The van der Waals surface area contributed by atoms with Crippen molar-refractivity contribution < 1.29 is 8.81 Å². The molecule has 0 saturated heterocycles. The Labute approximate surface area is 139 Å². The van der Waals surface area contributed by atoms with Gasteiger partial charge in [0.2, 0.25) is 0 Å². The van der Waals surface area contributed by atoms with Crippen molar-refractivity contribution in [1.29, 1.82) is 0 Å². The molecule has 0 spiro atoms. The number of hydrogen-bond acceptors (Lipinski definition) is 4. The molecule has 2 N–H and O–H groups in total. The van der Waals surface area contributed by atoms with E-state index in [-0.39, 0.29) is 5.82 Å². The van der Waals surface area contributed by atoms with Gasteiger partial charge in [-0.05, 0) is 61.0 Å². The zero-order chi connectivity index (χ0) is 16.1. The summed E-state index contributed by atoms with van der Waals surface area (Å²) in [5.41, 5.74) is 4.26. The molecule has 0 atom stereocenters. The summed E-state index contributed by atoms with van der Waals surface area (Å²) in [4.78, 5) is 0.948. The Balaban J connectivity index is 1.85. The van der Waals surface area contributed by atoms with Crippen molar-refractivity contribution >= 4 is 17.6 Å². The van der Waals surface area contributed by atoms with Gasteiger partial charge >= 0.3 is 0 Å². The lowest BCUT2D eigenvalue weighted by Crippen LogP contribution is -2.05. The number of hydrogen-bond donors (Lipinski definition) is 2. The van der Waals surface area contributed by atoms with Crippen LogP contribution in [0.1, 0.15) is 5.56 Å². The molecule has 5 heteroatoms. The summed E-state index contributed by atoms with van der Waals surface area (Å²) in [6.07, 6.45) is 3.38. The Kier molecular flexibility index (Phi) is 5.00. The Morgan fingerprint density at radius 3 is 2.61 bits per heavy atom. The first-order chi connectivity index (χ1) is 11.3. The van der Waals surface area contributed by atoms with Gasteiger partial charge in [0, 0.05) is 22.6 Å². The third-order valence-corrected chi connectivity index (χ3v) is 4.22. The van der Waals surface area contributed by atoms with Crippen molar-refractivity contribution in [3.05, 3.63) is 72.4 Å². The molecule has 0 aliphatic heterocycles. The SMILES string of the molecule is CNCc1ccc(-c2ccoc2)c(NSc2ccc(F)cc2)c1. The molecule has 0 fully saturated rings. The molecule has 0 saturated carbocycles. The first-order valence-corrected chi connectivity index (χ1v) is 8.06. The molecule has 0 bridgehead atoms. The van der Waals surface area contributed by atoms with Crippen LogP contribution in [0.15, 0.2) is 70.4 Å². The Morgan fingerprint density at radius 1 is 1.09 bits per heavy atom. The largest absolute Gasteiger partial charge is 0.472 e. The van der Waals surface area contributed by atoms with Crippen LogP contribution in [-0.2, 0) is 6.54 Å². The Morgan fingerprint density at radius 2 is 1.91 bits per heavy atom. The second-order valence-electron chi connectivity index (χ2n) is 5.08. The van der Waals surface area contributed by atoms with Crippen molar-refractivity contribution in [2.75, 3.05) is 11.8 Å². The van der Waals surface area contributed by atoms with Gasteiger partial charge in [-0.2, -0.15) is 0 Å². The number of halogens is 1. The molecule has 3 rings (SSSR count). The highest BCUT2D eigenvalue weighted by atomic mass is 32.2.